The first-order valence-corrected chi connectivity index (χ1v) is 8.04. The minimum atomic E-state index is 0.432. The second kappa shape index (κ2) is 8.63. The number of methoxy groups -OCH3 is 1. The molecular formula is C17H28N4O. The van der Waals surface area contributed by atoms with Gasteiger partial charge in [0.25, 0.3) is 0 Å². The van der Waals surface area contributed by atoms with Gasteiger partial charge >= 0.3 is 0 Å². The van der Waals surface area contributed by atoms with Gasteiger partial charge in [-0.2, -0.15) is 0 Å². The predicted octanol–water partition coefficient (Wildman–Crippen LogP) is 1.64. The van der Waals surface area contributed by atoms with Gasteiger partial charge in [-0.1, -0.05) is 18.2 Å². The Balaban J connectivity index is 1.79. The Bertz CT molecular complexity index is 489. The van der Waals surface area contributed by atoms with E-state index in [0.29, 0.717) is 6.04 Å². The van der Waals surface area contributed by atoms with Gasteiger partial charge in [-0.05, 0) is 31.4 Å². The first kappa shape index (κ1) is 16.6. The molecule has 0 aliphatic carbocycles. The van der Waals surface area contributed by atoms with E-state index in [4.69, 9.17) is 4.74 Å². The molecule has 1 aromatic carbocycles. The van der Waals surface area contributed by atoms with Gasteiger partial charge in [-0.3, -0.25) is 4.99 Å². The van der Waals surface area contributed by atoms with E-state index >= 15 is 0 Å². The van der Waals surface area contributed by atoms with Crippen LogP contribution < -0.4 is 15.5 Å². The molecule has 1 aliphatic heterocycles. The fraction of sp³-hybridized carbons (Fsp3) is 0.588. The van der Waals surface area contributed by atoms with Crippen molar-refractivity contribution < 1.29 is 4.74 Å². The second-order valence-electron chi connectivity index (χ2n) is 5.65. The Morgan fingerprint density at radius 2 is 2.18 bits per heavy atom. The summed E-state index contributed by atoms with van der Waals surface area (Å²) < 4.78 is 5.05. The quantitative estimate of drug-likeness (QED) is 0.457. The van der Waals surface area contributed by atoms with Gasteiger partial charge in [0, 0.05) is 52.1 Å². The van der Waals surface area contributed by atoms with Gasteiger partial charge in [-0.15, -0.1) is 0 Å². The van der Waals surface area contributed by atoms with Crippen LogP contribution in [0.15, 0.2) is 29.3 Å². The molecule has 1 heterocycles. The number of hydrogen-bond acceptors (Lipinski definition) is 3. The predicted molar refractivity (Wildman–Crippen MR) is 92.8 cm³/mol. The number of anilines is 1. The van der Waals surface area contributed by atoms with E-state index in [2.05, 4.69) is 51.7 Å². The van der Waals surface area contributed by atoms with E-state index in [1.807, 2.05) is 7.05 Å². The highest BCUT2D eigenvalue weighted by atomic mass is 16.5. The SMILES string of the molecule is CN=C(NCCCOC)NCC(C)N1CCc2ccccc21. The maximum Gasteiger partial charge on any atom is 0.191 e. The van der Waals surface area contributed by atoms with Crippen LogP contribution in [0.3, 0.4) is 0 Å². The normalized spacial score (nSPS) is 15.6. The zero-order valence-electron chi connectivity index (χ0n) is 13.9. The topological polar surface area (TPSA) is 48.9 Å². The summed E-state index contributed by atoms with van der Waals surface area (Å²) >= 11 is 0. The van der Waals surface area contributed by atoms with Crippen molar-refractivity contribution in [2.24, 2.45) is 4.99 Å². The number of ether oxygens (including phenoxy) is 1. The Morgan fingerprint density at radius 1 is 1.36 bits per heavy atom. The summed E-state index contributed by atoms with van der Waals surface area (Å²) in [5.74, 6) is 0.857. The molecule has 22 heavy (non-hydrogen) atoms. The summed E-state index contributed by atoms with van der Waals surface area (Å²) in [6.45, 7) is 5.87. The van der Waals surface area contributed by atoms with Gasteiger partial charge in [0.15, 0.2) is 5.96 Å². The van der Waals surface area contributed by atoms with Gasteiger partial charge in [0.05, 0.1) is 0 Å². The molecule has 0 amide bonds. The zero-order chi connectivity index (χ0) is 15.8. The average molecular weight is 304 g/mol. The molecule has 1 aliphatic rings. The van der Waals surface area contributed by atoms with Gasteiger partial charge < -0.3 is 20.3 Å². The van der Waals surface area contributed by atoms with Crippen LogP contribution in [0, 0.1) is 0 Å². The van der Waals surface area contributed by atoms with Gasteiger partial charge in [0.1, 0.15) is 0 Å². The van der Waals surface area contributed by atoms with Crippen LogP contribution in [0.5, 0.6) is 0 Å². The van der Waals surface area contributed by atoms with Crippen LogP contribution in [0.2, 0.25) is 0 Å². The number of nitrogens with zero attached hydrogens (tertiary/aromatic N) is 2. The lowest BCUT2D eigenvalue weighted by molar-refractivity contribution is 0.195. The first-order chi connectivity index (χ1) is 10.8. The first-order valence-electron chi connectivity index (χ1n) is 8.04. The van der Waals surface area contributed by atoms with Crippen LogP contribution >= 0.6 is 0 Å². The minimum absolute atomic E-state index is 0.432. The smallest absolute Gasteiger partial charge is 0.191 e. The monoisotopic (exact) mass is 304 g/mol. The number of rotatable bonds is 7. The fourth-order valence-corrected chi connectivity index (χ4v) is 2.82. The molecule has 5 heteroatoms. The maximum atomic E-state index is 5.05. The molecule has 0 bridgehead atoms. The number of benzene rings is 1. The molecule has 2 N–H and O–H groups in total. The molecule has 2 rings (SSSR count). The van der Waals surface area contributed by atoms with Crippen LogP contribution in [0.25, 0.3) is 0 Å². The van der Waals surface area contributed by atoms with Gasteiger partial charge in [0.2, 0.25) is 0 Å². The molecule has 1 aromatic rings. The Kier molecular flexibility index (Phi) is 6.52. The maximum absolute atomic E-state index is 5.05. The van der Waals surface area contributed by atoms with Crippen LogP contribution in [0.4, 0.5) is 5.69 Å². The Labute approximate surface area is 133 Å². The lowest BCUT2D eigenvalue weighted by Crippen LogP contribution is -2.46. The third kappa shape index (κ3) is 4.37. The molecule has 0 fully saturated rings. The van der Waals surface area contributed by atoms with Crippen molar-refractivity contribution in [3.8, 4) is 0 Å². The molecule has 1 unspecified atom stereocenters. The lowest BCUT2D eigenvalue weighted by atomic mass is 10.2. The van der Waals surface area contributed by atoms with E-state index < -0.39 is 0 Å². The standard InChI is InChI=1S/C17H28N4O/c1-14(13-20-17(18-2)19-10-6-12-22-3)21-11-9-15-7-4-5-8-16(15)21/h4-5,7-8,14H,6,9-13H2,1-3H3,(H2,18,19,20). The Hall–Kier alpha value is -1.75. The molecule has 0 saturated heterocycles. The zero-order valence-corrected chi connectivity index (χ0v) is 13.9. The highest BCUT2D eigenvalue weighted by molar-refractivity contribution is 5.79. The van der Waals surface area contributed by atoms with Crippen LogP contribution in [-0.2, 0) is 11.2 Å². The summed E-state index contributed by atoms with van der Waals surface area (Å²) in [6.07, 6.45) is 2.12. The van der Waals surface area contributed by atoms with E-state index in [-0.39, 0.29) is 0 Å². The van der Waals surface area contributed by atoms with Crippen molar-refractivity contribution in [3.05, 3.63) is 29.8 Å². The van der Waals surface area contributed by atoms with Gasteiger partial charge in [-0.25, -0.2) is 0 Å². The van der Waals surface area contributed by atoms with Crippen molar-refractivity contribution in [2.75, 3.05) is 45.3 Å². The van der Waals surface area contributed by atoms with E-state index in [9.17, 15) is 0 Å². The minimum Gasteiger partial charge on any atom is -0.385 e. The lowest BCUT2D eigenvalue weighted by Gasteiger charge is -2.28. The summed E-state index contributed by atoms with van der Waals surface area (Å²) in [4.78, 5) is 6.74. The van der Waals surface area contributed by atoms with Crippen molar-refractivity contribution in [2.45, 2.75) is 25.8 Å². The van der Waals surface area contributed by atoms with Crippen molar-refractivity contribution >= 4 is 11.6 Å². The number of guanidine groups is 1. The summed E-state index contributed by atoms with van der Waals surface area (Å²) in [7, 11) is 3.53. The average Bonchev–Trinajstić information content (AvgIpc) is 2.98. The molecule has 0 radical (unpaired) electrons. The fourth-order valence-electron chi connectivity index (χ4n) is 2.82. The van der Waals surface area contributed by atoms with Crippen molar-refractivity contribution in [1.29, 1.82) is 0 Å². The van der Waals surface area contributed by atoms with E-state index in [1.54, 1.807) is 7.11 Å². The molecular weight excluding hydrogens is 276 g/mol. The van der Waals surface area contributed by atoms with E-state index in [0.717, 1.165) is 45.0 Å². The number of hydrogen-bond donors (Lipinski definition) is 2. The molecule has 122 valence electrons. The summed E-state index contributed by atoms with van der Waals surface area (Å²) in [5.41, 5.74) is 2.83. The highest BCUT2D eigenvalue weighted by Gasteiger charge is 2.22. The second-order valence-corrected chi connectivity index (χ2v) is 5.65. The molecule has 0 aromatic heterocycles. The summed E-state index contributed by atoms with van der Waals surface area (Å²) in [5, 5.41) is 6.72. The molecule has 0 spiro atoms. The Morgan fingerprint density at radius 3 is 2.95 bits per heavy atom. The third-order valence-electron chi connectivity index (χ3n) is 4.06. The van der Waals surface area contributed by atoms with E-state index in [1.165, 1.54) is 11.3 Å². The molecule has 0 saturated carbocycles. The largest absolute Gasteiger partial charge is 0.385 e. The highest BCUT2D eigenvalue weighted by Crippen LogP contribution is 2.28. The van der Waals surface area contributed by atoms with Crippen molar-refractivity contribution in [3.63, 3.8) is 0 Å². The third-order valence-corrected chi connectivity index (χ3v) is 4.06. The molecule has 1 atom stereocenters. The van der Waals surface area contributed by atoms with Crippen LogP contribution in [0.1, 0.15) is 18.9 Å². The number of para-hydroxylation sites is 1. The number of aliphatic imine (C=N–C) groups is 1. The summed E-state index contributed by atoms with van der Waals surface area (Å²) in [6, 6.07) is 9.12. The number of nitrogens with one attached hydrogen (secondary N) is 2. The molecule has 5 nitrogen and oxygen atoms in total. The van der Waals surface area contributed by atoms with Crippen molar-refractivity contribution in [1.82, 2.24) is 10.6 Å². The van der Waals surface area contributed by atoms with Crippen LogP contribution in [-0.4, -0.2) is 52.4 Å². The number of fused-ring (bicyclic) bond motifs is 1.